The third-order valence-electron chi connectivity index (χ3n) is 6.09. The van der Waals surface area contributed by atoms with Gasteiger partial charge in [0.15, 0.2) is 0 Å². The summed E-state index contributed by atoms with van der Waals surface area (Å²) in [7, 11) is -3.58. The van der Waals surface area contributed by atoms with Gasteiger partial charge in [-0.2, -0.15) is 18.4 Å². The van der Waals surface area contributed by atoms with Crippen LogP contribution in [-0.4, -0.2) is 21.0 Å². The van der Waals surface area contributed by atoms with E-state index in [-0.39, 0.29) is 6.04 Å². The molecule has 0 aromatic heterocycles. The zero-order valence-corrected chi connectivity index (χ0v) is 17.4. The summed E-state index contributed by atoms with van der Waals surface area (Å²) in [6.07, 6.45) is 5.95. The van der Waals surface area contributed by atoms with Crippen LogP contribution >= 0.6 is 0 Å². The normalized spacial score (nSPS) is 21.6. The monoisotopic (exact) mass is 409 g/mol. The summed E-state index contributed by atoms with van der Waals surface area (Å²) in [6.45, 7) is 0.480. The van der Waals surface area contributed by atoms with Gasteiger partial charge in [0.2, 0.25) is 0 Å². The average Bonchev–Trinajstić information content (AvgIpc) is 3.17. The molecule has 4 rings (SSSR count). The van der Waals surface area contributed by atoms with E-state index in [1.165, 1.54) is 4.31 Å². The quantitative estimate of drug-likeness (QED) is 0.768. The van der Waals surface area contributed by atoms with Crippen molar-refractivity contribution in [3.63, 3.8) is 0 Å². The minimum absolute atomic E-state index is 0.0370. The molecule has 0 spiro atoms. The molecule has 6 heteroatoms. The molecule has 152 valence electrons. The summed E-state index contributed by atoms with van der Waals surface area (Å²) in [5.41, 5.74) is 4.12. The second-order valence-electron chi connectivity index (χ2n) is 8.08. The molecule has 29 heavy (non-hydrogen) atoms. The van der Waals surface area contributed by atoms with Gasteiger partial charge in [-0.25, -0.2) is 0 Å². The van der Waals surface area contributed by atoms with Gasteiger partial charge in [0.05, 0.1) is 11.8 Å². The Bertz CT molecular complexity index is 999. The van der Waals surface area contributed by atoms with E-state index < -0.39 is 10.2 Å². The van der Waals surface area contributed by atoms with Gasteiger partial charge in [-0.3, -0.25) is 4.31 Å². The maximum absolute atomic E-state index is 13.1. The summed E-state index contributed by atoms with van der Waals surface area (Å²) < 4.78 is 30.7. The molecule has 1 unspecified atom stereocenters. The van der Waals surface area contributed by atoms with Crippen LogP contribution < -0.4 is 9.03 Å². The fourth-order valence-corrected chi connectivity index (χ4v) is 6.17. The van der Waals surface area contributed by atoms with Crippen molar-refractivity contribution in [1.29, 1.82) is 5.26 Å². The lowest BCUT2D eigenvalue weighted by molar-refractivity contribution is 0.295. The highest BCUT2D eigenvalue weighted by molar-refractivity contribution is 7.90. The maximum Gasteiger partial charge on any atom is 0.301 e. The third kappa shape index (κ3) is 4.47. The molecule has 2 aromatic carbocycles. The van der Waals surface area contributed by atoms with E-state index in [2.05, 4.69) is 29.0 Å². The summed E-state index contributed by atoms with van der Waals surface area (Å²) in [6, 6.07) is 18.4. The molecule has 0 saturated heterocycles. The van der Waals surface area contributed by atoms with Crippen LogP contribution in [0.15, 0.2) is 48.5 Å². The molecule has 1 saturated carbocycles. The second-order valence-corrected chi connectivity index (χ2v) is 9.71. The fraction of sp³-hybridized carbons (Fsp3) is 0.435. The van der Waals surface area contributed by atoms with Crippen molar-refractivity contribution in [3.8, 4) is 17.2 Å². The molecule has 0 bridgehead atoms. The molecule has 1 heterocycles. The predicted octanol–water partition coefficient (Wildman–Crippen LogP) is 4.41. The van der Waals surface area contributed by atoms with Crippen molar-refractivity contribution in [2.24, 2.45) is 5.92 Å². The zero-order chi connectivity index (χ0) is 20.3. The van der Waals surface area contributed by atoms with Crippen LogP contribution in [0, 0.1) is 17.2 Å². The number of nitriles is 1. The lowest BCUT2D eigenvalue weighted by Gasteiger charge is -2.31. The summed E-state index contributed by atoms with van der Waals surface area (Å²) in [4.78, 5) is 0. The molecule has 1 aliphatic carbocycles. The molecule has 2 atom stereocenters. The number of rotatable bonds is 6. The Morgan fingerprint density at radius 3 is 2.72 bits per heavy atom. The highest BCUT2D eigenvalue weighted by Crippen LogP contribution is 2.34. The first kappa shape index (κ1) is 19.9. The molecular formula is C23H27N3O2S. The molecular weight excluding hydrogens is 382 g/mol. The van der Waals surface area contributed by atoms with Gasteiger partial charge in [-0.1, -0.05) is 49.2 Å². The molecule has 2 aliphatic rings. The van der Waals surface area contributed by atoms with Crippen LogP contribution in [0.4, 0.5) is 5.69 Å². The van der Waals surface area contributed by atoms with Crippen molar-refractivity contribution in [2.45, 2.75) is 51.0 Å². The smallest absolute Gasteiger partial charge is 0.257 e. The molecule has 2 aromatic rings. The highest BCUT2D eigenvalue weighted by Gasteiger charge is 2.33. The Hall–Kier alpha value is -2.36. The van der Waals surface area contributed by atoms with E-state index in [9.17, 15) is 8.42 Å². The average molecular weight is 410 g/mol. The van der Waals surface area contributed by atoms with Crippen LogP contribution in [0.2, 0.25) is 0 Å². The topological polar surface area (TPSA) is 73.2 Å². The number of anilines is 1. The maximum atomic E-state index is 13.1. The lowest BCUT2D eigenvalue weighted by Crippen LogP contribution is -2.46. The third-order valence-corrected chi connectivity index (χ3v) is 7.68. The van der Waals surface area contributed by atoms with E-state index in [0.29, 0.717) is 18.9 Å². The van der Waals surface area contributed by atoms with Gasteiger partial charge < -0.3 is 0 Å². The van der Waals surface area contributed by atoms with Gasteiger partial charge in [0.25, 0.3) is 0 Å². The van der Waals surface area contributed by atoms with E-state index in [1.807, 2.05) is 30.3 Å². The summed E-state index contributed by atoms with van der Waals surface area (Å²) >= 11 is 0. The number of nitrogens with one attached hydrogen (secondary N) is 1. The number of hydrogen-bond donors (Lipinski definition) is 1. The molecule has 0 radical (unpaired) electrons. The SMILES string of the molecule is N#CCCC1CCC[C@@H](NS(=O)(=O)N2CCc3cc(-c4ccccc4)ccc32)C1. The van der Waals surface area contributed by atoms with Gasteiger partial charge in [0, 0.05) is 19.0 Å². The number of fused-ring (bicyclic) bond motifs is 1. The molecule has 5 nitrogen and oxygen atoms in total. The first-order valence-electron chi connectivity index (χ1n) is 10.4. The summed E-state index contributed by atoms with van der Waals surface area (Å²) in [5.74, 6) is 0.440. The Labute approximate surface area is 173 Å². The van der Waals surface area contributed by atoms with Gasteiger partial charge >= 0.3 is 10.2 Å². The Morgan fingerprint density at radius 1 is 1.10 bits per heavy atom. The van der Waals surface area contributed by atoms with E-state index in [1.54, 1.807) is 0 Å². The standard InChI is InChI=1S/C23H27N3O2S/c24-14-5-7-18-6-4-10-22(16-18)25-29(27,28)26-15-13-21-17-20(11-12-23(21)26)19-8-2-1-3-9-19/h1-3,8-9,11-12,17-18,22,25H,4-7,10,13,15-16H2/t18?,22-/m1/s1. The number of hydrogen-bond acceptors (Lipinski definition) is 3. The van der Waals surface area contributed by atoms with Crippen LogP contribution in [0.1, 0.15) is 44.1 Å². The minimum atomic E-state index is -3.58. The van der Waals surface area contributed by atoms with Crippen molar-refractivity contribution in [3.05, 3.63) is 54.1 Å². The van der Waals surface area contributed by atoms with E-state index >= 15 is 0 Å². The van der Waals surface area contributed by atoms with Gasteiger partial charge in [-0.15, -0.1) is 0 Å². The van der Waals surface area contributed by atoms with E-state index in [4.69, 9.17) is 5.26 Å². The largest absolute Gasteiger partial charge is 0.301 e. The van der Waals surface area contributed by atoms with E-state index in [0.717, 1.165) is 60.9 Å². The van der Waals surface area contributed by atoms with Crippen LogP contribution in [-0.2, 0) is 16.6 Å². The number of nitrogens with zero attached hydrogens (tertiary/aromatic N) is 2. The van der Waals surface area contributed by atoms with Gasteiger partial charge in [0.1, 0.15) is 0 Å². The van der Waals surface area contributed by atoms with Crippen molar-refractivity contribution >= 4 is 15.9 Å². The van der Waals surface area contributed by atoms with Crippen LogP contribution in [0.25, 0.3) is 11.1 Å². The molecule has 1 N–H and O–H groups in total. The van der Waals surface area contributed by atoms with Crippen molar-refractivity contribution < 1.29 is 8.42 Å². The second kappa shape index (κ2) is 8.56. The Kier molecular flexibility index (Phi) is 5.89. The van der Waals surface area contributed by atoms with Crippen LogP contribution in [0.3, 0.4) is 0 Å². The zero-order valence-electron chi connectivity index (χ0n) is 16.5. The predicted molar refractivity (Wildman–Crippen MR) is 116 cm³/mol. The van der Waals surface area contributed by atoms with Gasteiger partial charge in [-0.05, 0) is 60.4 Å². The van der Waals surface area contributed by atoms with Crippen molar-refractivity contribution in [1.82, 2.24) is 4.72 Å². The number of benzene rings is 2. The van der Waals surface area contributed by atoms with Crippen molar-refractivity contribution in [2.75, 3.05) is 10.8 Å². The fourth-order valence-electron chi connectivity index (χ4n) is 4.63. The Balaban J connectivity index is 1.48. The van der Waals surface area contributed by atoms with Crippen LogP contribution in [0.5, 0.6) is 0 Å². The molecule has 1 aliphatic heterocycles. The summed E-state index contributed by atoms with van der Waals surface area (Å²) in [5, 5.41) is 8.81. The highest BCUT2D eigenvalue weighted by atomic mass is 32.2. The minimum Gasteiger partial charge on any atom is -0.257 e. The first-order chi connectivity index (χ1) is 14.1. The molecule has 0 amide bonds. The molecule has 1 fully saturated rings. The first-order valence-corrected chi connectivity index (χ1v) is 11.9. The lowest BCUT2D eigenvalue weighted by atomic mass is 9.83. The Morgan fingerprint density at radius 2 is 1.93 bits per heavy atom.